The van der Waals surface area contributed by atoms with Crippen LogP contribution in [-0.4, -0.2) is 12.1 Å². The number of nitrogens with zero attached hydrogens (tertiary/aromatic N) is 2. The van der Waals surface area contributed by atoms with Crippen molar-refractivity contribution in [2.75, 3.05) is 9.80 Å². The summed E-state index contributed by atoms with van der Waals surface area (Å²) in [6.07, 6.45) is 4.48. The van der Waals surface area contributed by atoms with Crippen LogP contribution in [0.2, 0.25) is 0 Å². The first-order valence-electron chi connectivity index (χ1n) is 20.4. The van der Waals surface area contributed by atoms with E-state index in [1.54, 1.807) is 0 Å². The molecule has 2 heterocycles. The van der Waals surface area contributed by atoms with Crippen molar-refractivity contribution in [1.29, 1.82) is 0 Å². The standard InChI is InChI=1S/C54H44N2/c1-35-25-27-39-15-5-9-23-51(39)55(35)41-29-31-47-49(33-41)53(45-21-11-17-37-13-3-7-19-43(37)45)48-32-30-42(56-36(2)26-28-40-16-6-10-24-52(40)56)34-50(48)54(47)46-22-12-18-38-14-4-8-20-44(38)46/h3-24,29-36H,25-28H2,1-2H3. The van der Waals surface area contributed by atoms with E-state index in [1.165, 1.54) is 99.2 Å². The average molecular weight is 721 g/mol. The molecule has 56 heavy (non-hydrogen) atoms. The van der Waals surface area contributed by atoms with Crippen LogP contribution in [0.5, 0.6) is 0 Å². The zero-order valence-corrected chi connectivity index (χ0v) is 32.0. The van der Waals surface area contributed by atoms with Gasteiger partial charge in [0.15, 0.2) is 0 Å². The Morgan fingerprint density at radius 3 is 1.27 bits per heavy atom. The first-order chi connectivity index (χ1) is 27.6. The lowest BCUT2D eigenvalue weighted by Gasteiger charge is -2.38. The van der Waals surface area contributed by atoms with E-state index < -0.39 is 0 Å². The number of aryl methyl sites for hydroxylation is 2. The van der Waals surface area contributed by atoms with E-state index in [0.717, 1.165) is 25.7 Å². The first-order valence-corrected chi connectivity index (χ1v) is 20.4. The van der Waals surface area contributed by atoms with Crippen molar-refractivity contribution in [3.05, 3.63) is 181 Å². The molecule has 2 heteroatoms. The van der Waals surface area contributed by atoms with Crippen LogP contribution in [0, 0.1) is 0 Å². The van der Waals surface area contributed by atoms with Crippen LogP contribution in [0.3, 0.4) is 0 Å². The van der Waals surface area contributed by atoms with Gasteiger partial charge in [-0.1, -0.05) is 133 Å². The van der Waals surface area contributed by atoms with Gasteiger partial charge in [-0.05, 0) is 152 Å². The molecule has 2 aliphatic rings. The molecule has 0 saturated heterocycles. The maximum atomic E-state index is 2.59. The smallest absolute Gasteiger partial charge is 0.0445 e. The van der Waals surface area contributed by atoms with E-state index in [9.17, 15) is 0 Å². The van der Waals surface area contributed by atoms with E-state index in [-0.39, 0.29) is 0 Å². The van der Waals surface area contributed by atoms with Gasteiger partial charge >= 0.3 is 0 Å². The van der Waals surface area contributed by atoms with Gasteiger partial charge in [0.05, 0.1) is 0 Å². The van der Waals surface area contributed by atoms with Gasteiger partial charge in [-0.3, -0.25) is 0 Å². The Kier molecular flexibility index (Phi) is 7.74. The zero-order chi connectivity index (χ0) is 37.3. The maximum Gasteiger partial charge on any atom is 0.0445 e. The lowest BCUT2D eigenvalue weighted by molar-refractivity contribution is 0.618. The molecule has 0 fully saturated rings. The molecule has 0 spiro atoms. The van der Waals surface area contributed by atoms with Crippen molar-refractivity contribution in [1.82, 2.24) is 0 Å². The SMILES string of the molecule is CC1CCc2ccccc2N1c1ccc2c(-c3cccc4ccccc34)c3cc(N4c5ccccc5CCC4C)ccc3c(-c3cccc4ccccc34)c2c1. The van der Waals surface area contributed by atoms with Crippen LogP contribution in [-0.2, 0) is 12.8 Å². The molecule has 2 nitrogen and oxygen atoms in total. The molecule has 0 aliphatic carbocycles. The Morgan fingerprint density at radius 1 is 0.375 bits per heavy atom. The van der Waals surface area contributed by atoms with E-state index in [1.807, 2.05) is 0 Å². The molecule has 0 bridgehead atoms. The van der Waals surface area contributed by atoms with Gasteiger partial charge in [0.25, 0.3) is 0 Å². The molecule has 2 atom stereocenters. The number of hydrogen-bond donors (Lipinski definition) is 0. The third kappa shape index (κ3) is 5.16. The van der Waals surface area contributed by atoms with Crippen LogP contribution in [0.4, 0.5) is 22.7 Å². The Hall–Kier alpha value is -6.38. The lowest BCUT2D eigenvalue weighted by Crippen LogP contribution is -2.33. The Balaban J connectivity index is 1.29. The Bertz CT molecular complexity index is 2780. The molecule has 9 aromatic rings. The summed E-state index contributed by atoms with van der Waals surface area (Å²) in [4.78, 5) is 5.18. The highest BCUT2D eigenvalue weighted by Gasteiger charge is 2.28. The quantitative estimate of drug-likeness (QED) is 0.167. The highest BCUT2D eigenvalue weighted by molar-refractivity contribution is 6.26. The molecular weight excluding hydrogens is 677 g/mol. The number of para-hydroxylation sites is 2. The fourth-order valence-electron chi connectivity index (χ4n) is 10.1. The van der Waals surface area contributed by atoms with Crippen LogP contribution in [0.1, 0.15) is 37.8 Å². The van der Waals surface area contributed by atoms with E-state index >= 15 is 0 Å². The number of benzene rings is 9. The van der Waals surface area contributed by atoms with E-state index in [0.29, 0.717) is 12.1 Å². The van der Waals surface area contributed by atoms with E-state index in [4.69, 9.17) is 0 Å². The highest BCUT2D eigenvalue weighted by atomic mass is 15.2. The van der Waals surface area contributed by atoms with Crippen molar-refractivity contribution < 1.29 is 0 Å². The average Bonchev–Trinajstić information content (AvgIpc) is 3.25. The summed E-state index contributed by atoms with van der Waals surface area (Å²) in [5.74, 6) is 0. The molecular formula is C54H44N2. The van der Waals surface area contributed by atoms with Gasteiger partial charge in [-0.15, -0.1) is 0 Å². The molecule has 270 valence electrons. The fraction of sp³-hybridized carbons (Fsp3) is 0.148. The van der Waals surface area contributed by atoms with Gasteiger partial charge in [-0.2, -0.15) is 0 Å². The van der Waals surface area contributed by atoms with Gasteiger partial charge in [0.1, 0.15) is 0 Å². The number of rotatable bonds is 4. The largest absolute Gasteiger partial charge is 0.338 e. The van der Waals surface area contributed by atoms with Crippen molar-refractivity contribution in [3.8, 4) is 22.3 Å². The first kappa shape index (κ1) is 33.0. The Labute approximate surface area is 329 Å². The summed E-state index contributed by atoms with van der Waals surface area (Å²) in [5.41, 5.74) is 13.2. The van der Waals surface area contributed by atoms with Gasteiger partial charge in [0, 0.05) is 34.8 Å². The minimum absolute atomic E-state index is 0.387. The van der Waals surface area contributed by atoms with Gasteiger partial charge < -0.3 is 9.80 Å². The molecule has 9 aromatic carbocycles. The third-order valence-electron chi connectivity index (χ3n) is 12.8. The second-order valence-electron chi connectivity index (χ2n) is 16.0. The number of anilines is 4. The van der Waals surface area contributed by atoms with Crippen molar-refractivity contribution in [2.45, 2.75) is 51.6 Å². The molecule has 2 aliphatic heterocycles. The fourth-order valence-corrected chi connectivity index (χ4v) is 10.1. The number of hydrogen-bond acceptors (Lipinski definition) is 2. The summed E-state index contributed by atoms with van der Waals surface area (Å²) < 4.78 is 0. The third-order valence-corrected chi connectivity index (χ3v) is 12.8. The Morgan fingerprint density at radius 2 is 0.786 bits per heavy atom. The second kappa shape index (κ2) is 13.1. The van der Waals surface area contributed by atoms with Crippen LogP contribution in [0.25, 0.3) is 65.3 Å². The maximum absolute atomic E-state index is 2.59. The lowest BCUT2D eigenvalue weighted by atomic mass is 9.83. The van der Waals surface area contributed by atoms with E-state index in [2.05, 4.69) is 194 Å². The predicted octanol–water partition coefficient (Wildman–Crippen LogP) is 14.6. The summed E-state index contributed by atoms with van der Waals surface area (Å²) in [6.45, 7) is 4.77. The molecule has 0 N–H and O–H groups in total. The predicted molar refractivity (Wildman–Crippen MR) is 240 cm³/mol. The monoisotopic (exact) mass is 720 g/mol. The van der Waals surface area contributed by atoms with Crippen LogP contribution in [0.15, 0.2) is 170 Å². The van der Waals surface area contributed by atoms with Gasteiger partial charge in [0.2, 0.25) is 0 Å². The van der Waals surface area contributed by atoms with Crippen molar-refractivity contribution in [2.24, 2.45) is 0 Å². The molecule has 0 radical (unpaired) electrons. The minimum atomic E-state index is 0.387. The summed E-state index contributed by atoms with van der Waals surface area (Å²) >= 11 is 0. The summed E-state index contributed by atoms with van der Waals surface area (Å²) in [7, 11) is 0. The normalized spacial score (nSPS) is 16.8. The highest BCUT2D eigenvalue weighted by Crippen LogP contribution is 2.50. The molecule has 0 aromatic heterocycles. The van der Waals surface area contributed by atoms with Crippen molar-refractivity contribution in [3.63, 3.8) is 0 Å². The topological polar surface area (TPSA) is 6.48 Å². The molecule has 0 amide bonds. The van der Waals surface area contributed by atoms with Crippen molar-refractivity contribution >= 4 is 65.8 Å². The molecule has 11 rings (SSSR count). The van der Waals surface area contributed by atoms with Crippen LogP contribution < -0.4 is 9.80 Å². The van der Waals surface area contributed by atoms with Gasteiger partial charge in [-0.25, -0.2) is 0 Å². The van der Waals surface area contributed by atoms with Crippen LogP contribution >= 0.6 is 0 Å². The summed E-state index contributed by atoms with van der Waals surface area (Å²) in [6, 6.07) is 64.9. The molecule has 2 unspecified atom stereocenters. The second-order valence-corrected chi connectivity index (χ2v) is 16.0. The minimum Gasteiger partial charge on any atom is -0.338 e. The summed E-state index contributed by atoms with van der Waals surface area (Å²) in [5, 5.41) is 10.2. The zero-order valence-electron chi connectivity index (χ0n) is 32.0. The number of fused-ring (bicyclic) bond motifs is 6. The molecule has 0 saturated carbocycles.